The van der Waals surface area contributed by atoms with Crippen LogP contribution < -0.4 is 15.3 Å². The summed E-state index contributed by atoms with van der Waals surface area (Å²) in [7, 11) is 2.16. The van der Waals surface area contributed by atoms with Crippen molar-refractivity contribution in [2.75, 3.05) is 55.1 Å². The average Bonchev–Trinajstić information content (AvgIpc) is 3.40. The Morgan fingerprint density at radius 1 is 1.05 bits per heavy atom. The predicted molar refractivity (Wildman–Crippen MR) is 144 cm³/mol. The van der Waals surface area contributed by atoms with Crippen LogP contribution in [-0.2, 0) is 9.57 Å². The predicted octanol–water partition coefficient (Wildman–Crippen LogP) is 4.42. The number of likely N-dealkylation sites (N-methyl/N-ethyl adjacent to an activating group) is 1. The summed E-state index contributed by atoms with van der Waals surface area (Å²) in [6, 6.07) is 17.8. The summed E-state index contributed by atoms with van der Waals surface area (Å²) >= 11 is 0. The number of esters is 1. The normalized spacial score (nSPS) is 18.3. The molecule has 3 aromatic rings. The molecule has 0 bridgehead atoms. The second-order valence-corrected chi connectivity index (χ2v) is 9.77. The van der Waals surface area contributed by atoms with Gasteiger partial charge in [-0.15, -0.1) is 0 Å². The smallest absolute Gasteiger partial charge is 0.338 e. The second kappa shape index (κ2) is 11.1. The minimum Gasteiger partial charge on any atom is -0.459 e. The van der Waals surface area contributed by atoms with Gasteiger partial charge in [0.15, 0.2) is 5.82 Å². The third kappa shape index (κ3) is 6.00. The highest BCUT2D eigenvalue weighted by Gasteiger charge is 2.30. The fourth-order valence-electron chi connectivity index (χ4n) is 4.66. The van der Waals surface area contributed by atoms with Gasteiger partial charge in [0.25, 0.3) is 0 Å². The molecular weight excluding hydrogens is 468 g/mol. The molecule has 0 aliphatic carbocycles. The standard InChI is InChI=1S/C28H34N6O3/c1-20(2)37-28(35)22-6-4-5-21(17-22)25-11-16-36-34(25)27-18-26(29-19-30-27)31-23-7-9-24(10-8-23)33-14-12-32(3)13-15-33/h4-10,17-20,25H,11-16H2,1-3H3,(H,29,30,31)/t25-/m1/s1. The van der Waals surface area contributed by atoms with Gasteiger partial charge in [0.2, 0.25) is 0 Å². The Labute approximate surface area is 218 Å². The summed E-state index contributed by atoms with van der Waals surface area (Å²) in [6.07, 6.45) is 2.15. The molecule has 0 amide bonds. The first-order valence-corrected chi connectivity index (χ1v) is 12.8. The lowest BCUT2D eigenvalue weighted by Crippen LogP contribution is -2.44. The second-order valence-electron chi connectivity index (χ2n) is 9.77. The van der Waals surface area contributed by atoms with Gasteiger partial charge in [-0.05, 0) is 62.9 Å². The Balaban J connectivity index is 1.28. The fraction of sp³-hybridized carbons (Fsp3) is 0.393. The Bertz CT molecular complexity index is 1210. The Hall–Kier alpha value is -3.69. The van der Waals surface area contributed by atoms with Crippen molar-refractivity contribution >= 4 is 29.0 Å². The van der Waals surface area contributed by atoms with E-state index in [4.69, 9.17) is 9.57 Å². The summed E-state index contributed by atoms with van der Waals surface area (Å²) in [5.41, 5.74) is 3.69. The number of aromatic nitrogens is 2. The number of hydroxylamine groups is 1. The molecule has 1 N–H and O–H groups in total. The van der Waals surface area contributed by atoms with Crippen LogP contribution in [0.4, 0.5) is 23.0 Å². The largest absolute Gasteiger partial charge is 0.459 e. The molecule has 2 aromatic carbocycles. The van der Waals surface area contributed by atoms with Crippen LogP contribution in [0.15, 0.2) is 60.9 Å². The molecule has 0 radical (unpaired) electrons. The molecule has 1 aromatic heterocycles. The fourth-order valence-corrected chi connectivity index (χ4v) is 4.66. The quantitative estimate of drug-likeness (QED) is 0.472. The van der Waals surface area contributed by atoms with Gasteiger partial charge in [-0.2, -0.15) is 0 Å². The molecule has 37 heavy (non-hydrogen) atoms. The maximum absolute atomic E-state index is 12.4. The van der Waals surface area contributed by atoms with Crippen molar-refractivity contribution in [2.24, 2.45) is 0 Å². The van der Waals surface area contributed by atoms with E-state index in [-0.39, 0.29) is 18.1 Å². The van der Waals surface area contributed by atoms with Crippen LogP contribution in [0.25, 0.3) is 0 Å². The molecular formula is C28H34N6O3. The number of rotatable bonds is 7. The minimum atomic E-state index is -0.325. The zero-order valence-electron chi connectivity index (χ0n) is 21.6. The number of carbonyl (C=O) groups excluding carboxylic acids is 1. The molecule has 194 valence electrons. The van der Waals surface area contributed by atoms with Gasteiger partial charge in [0, 0.05) is 50.0 Å². The number of nitrogens with one attached hydrogen (secondary N) is 1. The van der Waals surface area contributed by atoms with E-state index in [2.05, 4.69) is 56.4 Å². The van der Waals surface area contributed by atoms with Crippen LogP contribution in [0.3, 0.4) is 0 Å². The number of ether oxygens (including phenoxy) is 1. The van der Waals surface area contributed by atoms with Gasteiger partial charge < -0.3 is 19.9 Å². The number of carbonyl (C=O) groups is 1. The van der Waals surface area contributed by atoms with Crippen LogP contribution in [0.2, 0.25) is 0 Å². The zero-order chi connectivity index (χ0) is 25.8. The first-order chi connectivity index (χ1) is 18.0. The number of hydrogen-bond donors (Lipinski definition) is 1. The van der Waals surface area contributed by atoms with Crippen molar-refractivity contribution in [1.29, 1.82) is 0 Å². The number of piperazine rings is 1. The monoisotopic (exact) mass is 502 g/mol. The molecule has 0 spiro atoms. The third-order valence-corrected chi connectivity index (χ3v) is 6.64. The van der Waals surface area contributed by atoms with E-state index < -0.39 is 0 Å². The summed E-state index contributed by atoms with van der Waals surface area (Å²) in [5.74, 6) is 1.01. The van der Waals surface area contributed by atoms with Crippen molar-refractivity contribution < 1.29 is 14.4 Å². The molecule has 5 rings (SSSR count). The number of anilines is 4. The molecule has 0 unspecified atom stereocenters. The molecule has 0 saturated carbocycles. The first kappa shape index (κ1) is 25.0. The molecule has 2 aliphatic heterocycles. The van der Waals surface area contributed by atoms with Crippen molar-refractivity contribution in [1.82, 2.24) is 14.9 Å². The van der Waals surface area contributed by atoms with Crippen LogP contribution in [0.5, 0.6) is 0 Å². The summed E-state index contributed by atoms with van der Waals surface area (Å²) in [6.45, 7) is 8.49. The topological polar surface area (TPSA) is 83.1 Å². The van der Waals surface area contributed by atoms with Gasteiger partial charge in [-0.1, -0.05) is 12.1 Å². The number of hydrogen-bond acceptors (Lipinski definition) is 9. The lowest BCUT2D eigenvalue weighted by atomic mass is 10.0. The van der Waals surface area contributed by atoms with E-state index in [9.17, 15) is 4.79 Å². The number of benzene rings is 2. The third-order valence-electron chi connectivity index (χ3n) is 6.64. The van der Waals surface area contributed by atoms with E-state index in [1.807, 2.05) is 38.1 Å². The first-order valence-electron chi connectivity index (χ1n) is 12.8. The SMILES string of the molecule is CC(C)OC(=O)c1cccc([C@H]2CCON2c2cc(Nc3ccc(N4CCN(C)CC4)cc3)ncn2)c1. The minimum absolute atomic E-state index is 0.0718. The number of nitrogens with zero attached hydrogens (tertiary/aromatic N) is 5. The highest BCUT2D eigenvalue weighted by atomic mass is 16.7. The van der Waals surface area contributed by atoms with E-state index in [1.54, 1.807) is 11.1 Å². The highest BCUT2D eigenvalue weighted by molar-refractivity contribution is 5.89. The zero-order valence-corrected chi connectivity index (χ0v) is 21.6. The summed E-state index contributed by atoms with van der Waals surface area (Å²) in [5, 5.41) is 5.18. The van der Waals surface area contributed by atoms with Gasteiger partial charge in [0.1, 0.15) is 12.1 Å². The Morgan fingerprint density at radius 3 is 2.59 bits per heavy atom. The van der Waals surface area contributed by atoms with Crippen molar-refractivity contribution in [3.8, 4) is 0 Å². The Morgan fingerprint density at radius 2 is 1.84 bits per heavy atom. The molecule has 3 heterocycles. The molecule has 2 saturated heterocycles. The van der Waals surface area contributed by atoms with Gasteiger partial charge in [-0.25, -0.2) is 19.8 Å². The van der Waals surface area contributed by atoms with Crippen molar-refractivity contribution in [3.63, 3.8) is 0 Å². The van der Waals surface area contributed by atoms with E-state index in [0.29, 0.717) is 23.8 Å². The van der Waals surface area contributed by atoms with E-state index in [1.165, 1.54) is 12.0 Å². The maximum Gasteiger partial charge on any atom is 0.338 e. The molecule has 2 fully saturated rings. The molecule has 9 nitrogen and oxygen atoms in total. The summed E-state index contributed by atoms with van der Waals surface area (Å²) < 4.78 is 5.37. The molecule has 2 aliphatic rings. The van der Waals surface area contributed by atoms with Gasteiger partial charge in [-0.3, -0.25) is 4.84 Å². The maximum atomic E-state index is 12.4. The van der Waals surface area contributed by atoms with Gasteiger partial charge >= 0.3 is 5.97 Å². The van der Waals surface area contributed by atoms with Crippen LogP contribution in [-0.4, -0.2) is 66.8 Å². The Kier molecular flexibility index (Phi) is 7.52. The van der Waals surface area contributed by atoms with Crippen LogP contribution in [0, 0.1) is 0 Å². The van der Waals surface area contributed by atoms with E-state index >= 15 is 0 Å². The van der Waals surface area contributed by atoms with E-state index in [0.717, 1.165) is 43.9 Å². The highest BCUT2D eigenvalue weighted by Crippen LogP contribution is 2.35. The molecule has 1 atom stereocenters. The average molecular weight is 503 g/mol. The van der Waals surface area contributed by atoms with Crippen LogP contribution in [0.1, 0.15) is 42.2 Å². The molecule has 9 heteroatoms. The van der Waals surface area contributed by atoms with Crippen molar-refractivity contribution in [3.05, 3.63) is 72.1 Å². The lowest BCUT2D eigenvalue weighted by molar-refractivity contribution is 0.0377. The van der Waals surface area contributed by atoms with Gasteiger partial charge in [0.05, 0.1) is 24.3 Å². The van der Waals surface area contributed by atoms with Crippen molar-refractivity contribution in [2.45, 2.75) is 32.4 Å². The summed E-state index contributed by atoms with van der Waals surface area (Å²) in [4.78, 5) is 32.0. The van der Waals surface area contributed by atoms with Crippen LogP contribution >= 0.6 is 0 Å². The lowest BCUT2D eigenvalue weighted by Gasteiger charge is -2.34.